The van der Waals surface area contributed by atoms with Gasteiger partial charge in [0.2, 0.25) is 0 Å². The molecule has 0 bridgehead atoms. The SMILES string of the molecule is O=C(N[C@@H](c1ccc(S)c(F)c1)C1CC1)c1cc(=O)[nH]c(-c2ccccc2)n1. The first-order chi connectivity index (χ1) is 13.5. The molecule has 0 aliphatic heterocycles. The van der Waals surface area contributed by atoms with Crippen LogP contribution >= 0.6 is 12.6 Å². The molecule has 7 heteroatoms. The second-order valence-corrected chi connectivity index (χ2v) is 7.33. The summed E-state index contributed by atoms with van der Waals surface area (Å²) in [5.41, 5.74) is 1.01. The molecule has 0 unspecified atom stereocenters. The van der Waals surface area contributed by atoms with Crippen LogP contribution in [-0.4, -0.2) is 15.9 Å². The zero-order valence-electron chi connectivity index (χ0n) is 14.9. The van der Waals surface area contributed by atoms with Gasteiger partial charge in [-0.25, -0.2) is 9.37 Å². The van der Waals surface area contributed by atoms with Crippen molar-refractivity contribution in [1.82, 2.24) is 15.3 Å². The van der Waals surface area contributed by atoms with Gasteiger partial charge in [-0.05, 0) is 36.5 Å². The van der Waals surface area contributed by atoms with E-state index in [1.54, 1.807) is 24.3 Å². The van der Waals surface area contributed by atoms with E-state index in [-0.39, 0.29) is 22.5 Å². The summed E-state index contributed by atoms with van der Waals surface area (Å²) in [7, 11) is 0. The Hall–Kier alpha value is -2.93. The molecular weight excluding hydrogens is 377 g/mol. The van der Waals surface area contributed by atoms with Crippen molar-refractivity contribution >= 4 is 18.5 Å². The summed E-state index contributed by atoms with van der Waals surface area (Å²) in [6, 6.07) is 14.7. The Morgan fingerprint density at radius 3 is 2.61 bits per heavy atom. The number of nitrogens with zero attached hydrogens (tertiary/aromatic N) is 1. The molecular formula is C21H18FN3O2S. The fourth-order valence-electron chi connectivity index (χ4n) is 3.14. The van der Waals surface area contributed by atoms with Crippen molar-refractivity contribution in [2.75, 3.05) is 0 Å². The van der Waals surface area contributed by atoms with E-state index in [2.05, 4.69) is 27.9 Å². The Bertz CT molecular complexity index is 1080. The van der Waals surface area contributed by atoms with Gasteiger partial charge < -0.3 is 10.3 Å². The molecule has 28 heavy (non-hydrogen) atoms. The molecule has 142 valence electrons. The molecule has 3 aromatic rings. The molecule has 5 nitrogen and oxygen atoms in total. The predicted octanol–water partition coefficient (Wildman–Crippen LogP) is 3.75. The number of thiol groups is 1. The molecule has 1 fully saturated rings. The number of rotatable bonds is 5. The first kappa shape index (κ1) is 18.4. The Balaban J connectivity index is 1.62. The summed E-state index contributed by atoms with van der Waals surface area (Å²) in [6.45, 7) is 0. The predicted molar refractivity (Wildman–Crippen MR) is 107 cm³/mol. The van der Waals surface area contributed by atoms with Gasteiger partial charge in [0, 0.05) is 16.5 Å². The molecule has 1 amide bonds. The van der Waals surface area contributed by atoms with Crippen LogP contribution in [0.25, 0.3) is 11.4 Å². The monoisotopic (exact) mass is 395 g/mol. The fraction of sp³-hybridized carbons (Fsp3) is 0.190. The maximum absolute atomic E-state index is 13.9. The van der Waals surface area contributed by atoms with Crippen LogP contribution in [0.3, 0.4) is 0 Å². The van der Waals surface area contributed by atoms with Crippen LogP contribution in [0.5, 0.6) is 0 Å². The molecule has 1 atom stereocenters. The zero-order valence-corrected chi connectivity index (χ0v) is 15.7. The smallest absolute Gasteiger partial charge is 0.270 e. The zero-order chi connectivity index (χ0) is 19.7. The average molecular weight is 395 g/mol. The van der Waals surface area contributed by atoms with E-state index >= 15 is 0 Å². The summed E-state index contributed by atoms with van der Waals surface area (Å²) < 4.78 is 13.9. The minimum absolute atomic E-state index is 0.0274. The Morgan fingerprint density at radius 2 is 1.93 bits per heavy atom. The minimum atomic E-state index is -0.462. The van der Waals surface area contributed by atoms with Crippen molar-refractivity contribution in [3.05, 3.63) is 82.0 Å². The lowest BCUT2D eigenvalue weighted by molar-refractivity contribution is 0.0926. The third-order valence-corrected chi connectivity index (χ3v) is 5.10. The quantitative estimate of drug-likeness (QED) is 0.576. The Kier molecular flexibility index (Phi) is 5.00. The molecule has 1 aromatic heterocycles. The molecule has 0 saturated heterocycles. The van der Waals surface area contributed by atoms with Crippen molar-refractivity contribution in [2.45, 2.75) is 23.8 Å². The summed E-state index contributed by atoms with van der Waals surface area (Å²) in [6.07, 6.45) is 1.90. The van der Waals surface area contributed by atoms with Crippen LogP contribution in [-0.2, 0) is 0 Å². The van der Waals surface area contributed by atoms with Gasteiger partial charge in [-0.15, -0.1) is 12.6 Å². The highest BCUT2D eigenvalue weighted by atomic mass is 32.1. The van der Waals surface area contributed by atoms with Crippen molar-refractivity contribution in [1.29, 1.82) is 0 Å². The largest absolute Gasteiger partial charge is 0.344 e. The van der Waals surface area contributed by atoms with Gasteiger partial charge in [0.1, 0.15) is 17.3 Å². The topological polar surface area (TPSA) is 74.8 Å². The first-order valence-corrected chi connectivity index (χ1v) is 9.42. The van der Waals surface area contributed by atoms with E-state index in [0.717, 1.165) is 12.8 Å². The van der Waals surface area contributed by atoms with Crippen LogP contribution in [0.1, 0.15) is 34.9 Å². The third kappa shape index (κ3) is 3.99. The van der Waals surface area contributed by atoms with Gasteiger partial charge in [0.25, 0.3) is 11.5 Å². The number of benzene rings is 2. The molecule has 1 aliphatic rings. The number of halogens is 1. The highest BCUT2D eigenvalue weighted by Gasteiger charge is 2.34. The number of aromatic nitrogens is 2. The molecule has 2 N–H and O–H groups in total. The highest BCUT2D eigenvalue weighted by Crippen LogP contribution is 2.41. The van der Waals surface area contributed by atoms with E-state index in [4.69, 9.17) is 0 Å². The number of H-pyrrole nitrogens is 1. The Labute approximate surface area is 166 Å². The van der Waals surface area contributed by atoms with Crippen molar-refractivity contribution in [2.24, 2.45) is 5.92 Å². The molecule has 1 aliphatic carbocycles. The summed E-state index contributed by atoms with van der Waals surface area (Å²) in [5.74, 6) is -0.326. The van der Waals surface area contributed by atoms with Gasteiger partial charge in [-0.2, -0.15) is 0 Å². The van der Waals surface area contributed by atoms with Crippen LogP contribution in [0.4, 0.5) is 4.39 Å². The van der Waals surface area contributed by atoms with Gasteiger partial charge in [0.15, 0.2) is 0 Å². The normalized spacial score (nSPS) is 14.5. The third-order valence-electron chi connectivity index (χ3n) is 4.73. The highest BCUT2D eigenvalue weighted by molar-refractivity contribution is 7.80. The molecule has 0 spiro atoms. The van der Waals surface area contributed by atoms with E-state index in [9.17, 15) is 14.0 Å². The van der Waals surface area contributed by atoms with Crippen LogP contribution in [0.2, 0.25) is 0 Å². The fourth-order valence-corrected chi connectivity index (χ4v) is 3.28. The van der Waals surface area contributed by atoms with Gasteiger partial charge in [0.05, 0.1) is 6.04 Å². The van der Waals surface area contributed by atoms with E-state index < -0.39 is 17.3 Å². The van der Waals surface area contributed by atoms with Gasteiger partial charge in [-0.3, -0.25) is 9.59 Å². The number of amides is 1. The van der Waals surface area contributed by atoms with E-state index in [0.29, 0.717) is 17.0 Å². The number of hydrogen-bond donors (Lipinski definition) is 3. The van der Waals surface area contributed by atoms with E-state index in [1.165, 1.54) is 12.1 Å². The Morgan fingerprint density at radius 1 is 1.18 bits per heavy atom. The molecule has 0 radical (unpaired) electrons. The lowest BCUT2D eigenvalue weighted by Gasteiger charge is -2.19. The number of carbonyl (C=O) groups is 1. The van der Waals surface area contributed by atoms with E-state index in [1.807, 2.05) is 18.2 Å². The number of aromatic amines is 1. The van der Waals surface area contributed by atoms with Gasteiger partial charge >= 0.3 is 0 Å². The lowest BCUT2D eigenvalue weighted by Crippen LogP contribution is -2.31. The van der Waals surface area contributed by atoms with Crippen molar-refractivity contribution < 1.29 is 9.18 Å². The van der Waals surface area contributed by atoms with Crippen molar-refractivity contribution in [3.8, 4) is 11.4 Å². The number of hydrogen-bond acceptors (Lipinski definition) is 4. The number of nitrogens with one attached hydrogen (secondary N) is 2. The second kappa shape index (κ2) is 7.59. The lowest BCUT2D eigenvalue weighted by atomic mass is 10.0. The maximum atomic E-state index is 13.9. The van der Waals surface area contributed by atoms with Crippen LogP contribution < -0.4 is 10.9 Å². The first-order valence-electron chi connectivity index (χ1n) is 8.97. The van der Waals surface area contributed by atoms with Crippen molar-refractivity contribution in [3.63, 3.8) is 0 Å². The molecule has 2 aromatic carbocycles. The molecule has 4 rings (SSSR count). The summed E-state index contributed by atoms with van der Waals surface area (Å²) in [5, 5.41) is 2.92. The minimum Gasteiger partial charge on any atom is -0.344 e. The summed E-state index contributed by atoms with van der Waals surface area (Å²) in [4.78, 5) is 32.1. The standard InChI is InChI=1S/C21H18FN3O2S/c22-15-10-14(8-9-17(15)28)19(12-6-7-12)25-21(27)16-11-18(26)24-20(23-16)13-4-2-1-3-5-13/h1-5,8-12,19,28H,6-7H2,(H,25,27)(H,23,24,26)/t19-/m1/s1. The molecule has 1 saturated carbocycles. The average Bonchev–Trinajstić information content (AvgIpc) is 3.53. The van der Waals surface area contributed by atoms with Crippen LogP contribution in [0.15, 0.2) is 64.3 Å². The molecule has 1 heterocycles. The van der Waals surface area contributed by atoms with Crippen LogP contribution in [0, 0.1) is 11.7 Å². The summed E-state index contributed by atoms with van der Waals surface area (Å²) >= 11 is 4.05. The van der Waals surface area contributed by atoms with Gasteiger partial charge in [-0.1, -0.05) is 36.4 Å². The number of carbonyl (C=O) groups excluding carboxylic acids is 1. The maximum Gasteiger partial charge on any atom is 0.270 e. The second-order valence-electron chi connectivity index (χ2n) is 6.84.